The Morgan fingerprint density at radius 1 is 1.02 bits per heavy atom. The van der Waals surface area contributed by atoms with E-state index in [0.29, 0.717) is 31.1 Å². The molecule has 0 bridgehead atoms. The van der Waals surface area contributed by atoms with Crippen LogP contribution >= 0.6 is 0 Å². The summed E-state index contributed by atoms with van der Waals surface area (Å²) in [6, 6.07) is 18.5. The highest BCUT2D eigenvalue weighted by Crippen LogP contribution is 2.53. The summed E-state index contributed by atoms with van der Waals surface area (Å²) in [5.74, 6) is 1.56. The second kappa shape index (κ2) is 13.9. The van der Waals surface area contributed by atoms with E-state index < -0.39 is 11.0 Å². The van der Waals surface area contributed by atoms with Crippen molar-refractivity contribution in [1.82, 2.24) is 9.80 Å². The predicted molar refractivity (Wildman–Crippen MR) is 171 cm³/mol. The topological polar surface area (TPSA) is 70.1 Å². The van der Waals surface area contributed by atoms with Crippen molar-refractivity contribution in [2.75, 3.05) is 26.2 Å². The van der Waals surface area contributed by atoms with Crippen LogP contribution in [0.15, 0.2) is 54.6 Å². The lowest BCUT2D eigenvalue weighted by Gasteiger charge is -2.59. The molecule has 2 aromatic rings. The molecular weight excluding hydrogens is 536 g/mol. The Morgan fingerprint density at radius 3 is 2.53 bits per heavy atom. The van der Waals surface area contributed by atoms with Gasteiger partial charge in [-0.15, -0.1) is 0 Å². The van der Waals surface area contributed by atoms with Gasteiger partial charge in [0, 0.05) is 44.4 Å². The number of amides is 1. The standard InChI is InChI=1S/C37H52N2O4/c1-28(2)25-39(35(41)16-9-5-8-13-30-11-6-4-7-12-30)33-19-20-37(42)27-38(26-31-17-18-31)22-21-36(37,24-33)32-14-10-15-34(23-32)43-29(3)40/h4,6-7,10-12,14-15,23,28,31,33,42H,5,8-9,13,16-22,24-27H2,1-3H3/t33-,36-,37-/m0/s1. The number of likely N-dealkylation sites (tertiary alicyclic amines) is 1. The fourth-order valence-corrected chi connectivity index (χ4v) is 7.76. The van der Waals surface area contributed by atoms with E-state index in [9.17, 15) is 14.7 Å². The van der Waals surface area contributed by atoms with E-state index in [1.165, 1.54) is 25.3 Å². The number of aliphatic hydroxyl groups is 1. The minimum Gasteiger partial charge on any atom is -0.427 e. The zero-order valence-corrected chi connectivity index (χ0v) is 26.6. The number of aryl methyl sites for hydroxylation is 1. The Labute approximate surface area is 258 Å². The second-order valence-corrected chi connectivity index (χ2v) is 14.0. The number of carbonyl (C=O) groups excluding carboxylic acids is 2. The van der Waals surface area contributed by atoms with Crippen LogP contribution in [0.1, 0.15) is 96.1 Å². The average molecular weight is 589 g/mol. The van der Waals surface area contributed by atoms with Crippen molar-refractivity contribution in [2.24, 2.45) is 11.8 Å². The van der Waals surface area contributed by atoms with E-state index in [1.54, 1.807) is 0 Å². The van der Waals surface area contributed by atoms with Crippen LogP contribution in [0.5, 0.6) is 5.75 Å². The molecule has 234 valence electrons. The minimum atomic E-state index is -0.893. The highest BCUT2D eigenvalue weighted by Gasteiger charge is 2.58. The quantitative estimate of drug-likeness (QED) is 0.164. The molecule has 1 amide bonds. The molecule has 5 rings (SSSR count). The van der Waals surface area contributed by atoms with Crippen molar-refractivity contribution >= 4 is 11.9 Å². The van der Waals surface area contributed by atoms with Crippen molar-refractivity contribution < 1.29 is 19.4 Å². The smallest absolute Gasteiger partial charge is 0.308 e. The van der Waals surface area contributed by atoms with Crippen LogP contribution in [0, 0.1) is 11.8 Å². The van der Waals surface area contributed by atoms with Gasteiger partial charge in [0.1, 0.15) is 5.75 Å². The molecule has 0 radical (unpaired) electrons. The zero-order chi connectivity index (χ0) is 30.5. The van der Waals surface area contributed by atoms with Gasteiger partial charge in [-0.1, -0.05) is 62.7 Å². The Bertz CT molecular complexity index is 1230. The fourth-order valence-electron chi connectivity index (χ4n) is 7.76. The molecule has 3 aliphatic rings. The SMILES string of the molecule is CC(=O)Oc1cccc([C@@]23CCN(CC4CC4)C[C@@]2(O)CC[C@H](N(CC(C)C)C(=O)CCCCCc2ccccc2)C3)c1. The highest BCUT2D eigenvalue weighted by molar-refractivity contribution is 5.76. The molecule has 2 aliphatic carbocycles. The van der Waals surface area contributed by atoms with E-state index in [-0.39, 0.29) is 17.9 Å². The number of unbranched alkanes of at least 4 members (excludes halogenated alkanes) is 2. The van der Waals surface area contributed by atoms with Crippen LogP contribution in [0.2, 0.25) is 0 Å². The van der Waals surface area contributed by atoms with Gasteiger partial charge in [-0.2, -0.15) is 0 Å². The lowest BCUT2D eigenvalue weighted by molar-refractivity contribution is -0.150. The van der Waals surface area contributed by atoms with Crippen LogP contribution in [0.3, 0.4) is 0 Å². The normalized spacial score (nSPS) is 25.7. The summed E-state index contributed by atoms with van der Waals surface area (Å²) in [6.45, 7) is 9.20. The maximum Gasteiger partial charge on any atom is 0.308 e. The van der Waals surface area contributed by atoms with Crippen molar-refractivity contribution in [1.29, 1.82) is 0 Å². The van der Waals surface area contributed by atoms with Crippen LogP contribution in [-0.2, 0) is 21.4 Å². The molecule has 6 nitrogen and oxygen atoms in total. The Balaban J connectivity index is 1.33. The van der Waals surface area contributed by atoms with E-state index in [1.807, 2.05) is 18.2 Å². The first kappa shape index (κ1) is 31.7. The van der Waals surface area contributed by atoms with E-state index in [2.05, 4.69) is 60.0 Å². The summed E-state index contributed by atoms with van der Waals surface area (Å²) in [5.41, 5.74) is 0.992. The van der Waals surface area contributed by atoms with Crippen LogP contribution in [-0.4, -0.2) is 64.6 Å². The summed E-state index contributed by atoms with van der Waals surface area (Å²) in [7, 11) is 0. The van der Waals surface area contributed by atoms with Gasteiger partial charge in [0.25, 0.3) is 0 Å². The molecule has 2 aromatic carbocycles. The third-order valence-electron chi connectivity index (χ3n) is 10.1. The van der Waals surface area contributed by atoms with Gasteiger partial charge in [-0.3, -0.25) is 9.59 Å². The third kappa shape index (κ3) is 7.88. The Hall–Kier alpha value is -2.70. The number of nitrogens with zero attached hydrogens (tertiary/aromatic N) is 2. The molecule has 6 heteroatoms. The fraction of sp³-hybridized carbons (Fsp3) is 0.622. The summed E-state index contributed by atoms with van der Waals surface area (Å²) < 4.78 is 5.50. The van der Waals surface area contributed by atoms with E-state index in [4.69, 9.17) is 4.74 Å². The van der Waals surface area contributed by atoms with Crippen molar-refractivity contribution in [3.05, 3.63) is 65.7 Å². The zero-order valence-electron chi connectivity index (χ0n) is 26.6. The number of hydrogen-bond donors (Lipinski definition) is 1. The number of fused-ring (bicyclic) bond motifs is 1. The molecule has 1 N–H and O–H groups in total. The van der Waals surface area contributed by atoms with Crippen molar-refractivity contribution in [2.45, 2.75) is 108 Å². The number of piperidine rings is 1. The van der Waals surface area contributed by atoms with E-state index >= 15 is 0 Å². The Morgan fingerprint density at radius 2 is 1.81 bits per heavy atom. The first-order valence-electron chi connectivity index (χ1n) is 16.7. The van der Waals surface area contributed by atoms with Gasteiger partial charge in [-0.25, -0.2) is 0 Å². The molecule has 43 heavy (non-hydrogen) atoms. The molecule has 1 aliphatic heterocycles. The maximum atomic E-state index is 13.8. The first-order valence-corrected chi connectivity index (χ1v) is 16.7. The first-order chi connectivity index (χ1) is 20.7. The van der Waals surface area contributed by atoms with Crippen molar-refractivity contribution in [3.8, 4) is 5.75 Å². The largest absolute Gasteiger partial charge is 0.427 e. The monoisotopic (exact) mass is 588 g/mol. The van der Waals surface area contributed by atoms with Crippen molar-refractivity contribution in [3.63, 3.8) is 0 Å². The molecule has 1 saturated heterocycles. The minimum absolute atomic E-state index is 0.0758. The highest BCUT2D eigenvalue weighted by atomic mass is 16.5. The van der Waals surface area contributed by atoms with Gasteiger partial charge >= 0.3 is 5.97 Å². The molecule has 2 saturated carbocycles. The van der Waals surface area contributed by atoms with Crippen LogP contribution in [0.4, 0.5) is 0 Å². The predicted octanol–water partition coefficient (Wildman–Crippen LogP) is 6.54. The lowest BCUT2D eigenvalue weighted by Crippen LogP contribution is -2.67. The van der Waals surface area contributed by atoms with Gasteiger partial charge in [0.15, 0.2) is 0 Å². The van der Waals surface area contributed by atoms with Gasteiger partial charge in [0.05, 0.1) is 5.60 Å². The third-order valence-corrected chi connectivity index (χ3v) is 10.1. The van der Waals surface area contributed by atoms with E-state index in [0.717, 1.165) is 76.1 Å². The molecule has 0 aromatic heterocycles. The molecular formula is C37H52N2O4. The average Bonchev–Trinajstić information content (AvgIpc) is 3.79. The van der Waals surface area contributed by atoms with Gasteiger partial charge in [-0.05, 0) is 99.4 Å². The second-order valence-electron chi connectivity index (χ2n) is 14.0. The molecule has 3 fully saturated rings. The molecule has 1 heterocycles. The number of esters is 1. The summed E-state index contributed by atoms with van der Waals surface area (Å²) in [5, 5.41) is 12.5. The van der Waals surface area contributed by atoms with Crippen LogP contribution in [0.25, 0.3) is 0 Å². The number of ether oxygens (including phenoxy) is 1. The summed E-state index contributed by atoms with van der Waals surface area (Å²) >= 11 is 0. The molecule has 0 unspecified atom stereocenters. The Kier molecular flexibility index (Phi) is 10.3. The summed E-state index contributed by atoms with van der Waals surface area (Å²) in [6.07, 6.45) is 10.3. The lowest BCUT2D eigenvalue weighted by atomic mass is 9.55. The number of β-amino-alcohol motifs (C(OH)–C–C–N with tert-alkyl or cyclic N) is 1. The van der Waals surface area contributed by atoms with Gasteiger partial charge in [0.2, 0.25) is 5.91 Å². The summed E-state index contributed by atoms with van der Waals surface area (Å²) in [4.78, 5) is 30.3. The number of hydrogen-bond acceptors (Lipinski definition) is 5. The molecule has 0 spiro atoms. The molecule has 3 atom stereocenters. The van der Waals surface area contributed by atoms with Gasteiger partial charge < -0.3 is 19.6 Å². The van der Waals surface area contributed by atoms with Crippen LogP contribution < -0.4 is 4.74 Å². The number of carbonyl (C=O) groups is 2. The maximum absolute atomic E-state index is 13.8. The number of benzene rings is 2. The number of rotatable bonds is 13.